The van der Waals surface area contributed by atoms with Crippen LogP contribution < -0.4 is 4.90 Å². The van der Waals surface area contributed by atoms with E-state index in [0.717, 1.165) is 14.5 Å². The standard InChI is InChI=1S/C24H16Cl2IN3O5/c25-18-4-2-1-3-15(18)13-28(23(32)14-5-10-19(26)20(11-14)30(34)35)21-12-22(31)29(24(21)33)17-8-6-16(27)7-9-17/h1-11,21H,12-13H2. The largest absolute Gasteiger partial charge is 0.322 e. The molecule has 1 heterocycles. The second kappa shape index (κ2) is 10.3. The number of halogens is 3. The van der Waals surface area contributed by atoms with Gasteiger partial charge in [0.2, 0.25) is 5.91 Å². The average Bonchev–Trinajstić information content (AvgIpc) is 3.12. The molecule has 8 nitrogen and oxygen atoms in total. The van der Waals surface area contributed by atoms with Gasteiger partial charge < -0.3 is 4.90 Å². The molecule has 3 aromatic carbocycles. The summed E-state index contributed by atoms with van der Waals surface area (Å²) >= 11 is 14.3. The highest BCUT2D eigenvalue weighted by Gasteiger charge is 2.44. The number of hydrogen-bond acceptors (Lipinski definition) is 5. The fourth-order valence-electron chi connectivity index (χ4n) is 3.81. The predicted octanol–water partition coefficient (Wildman–Crippen LogP) is 5.48. The molecular formula is C24H16Cl2IN3O5. The zero-order valence-electron chi connectivity index (χ0n) is 17.9. The fourth-order valence-corrected chi connectivity index (χ4v) is 4.55. The van der Waals surface area contributed by atoms with Crippen LogP contribution >= 0.6 is 45.8 Å². The van der Waals surface area contributed by atoms with Crippen LogP contribution in [-0.4, -0.2) is 33.6 Å². The van der Waals surface area contributed by atoms with Crippen molar-refractivity contribution in [3.8, 4) is 0 Å². The third-order valence-corrected chi connectivity index (χ3v) is 6.94. The molecule has 11 heteroatoms. The number of benzene rings is 3. The lowest BCUT2D eigenvalue weighted by Crippen LogP contribution is -2.45. The van der Waals surface area contributed by atoms with Gasteiger partial charge in [0.05, 0.1) is 17.0 Å². The Labute approximate surface area is 223 Å². The van der Waals surface area contributed by atoms with Crippen molar-refractivity contribution in [3.63, 3.8) is 0 Å². The lowest BCUT2D eigenvalue weighted by Gasteiger charge is -2.28. The van der Waals surface area contributed by atoms with Crippen LogP contribution in [-0.2, 0) is 16.1 Å². The van der Waals surface area contributed by atoms with E-state index in [1.807, 2.05) is 0 Å². The van der Waals surface area contributed by atoms with E-state index in [2.05, 4.69) is 22.6 Å². The van der Waals surface area contributed by atoms with Crippen molar-refractivity contribution in [1.82, 2.24) is 4.90 Å². The number of amides is 3. The van der Waals surface area contributed by atoms with Gasteiger partial charge in [-0.2, -0.15) is 0 Å². The summed E-state index contributed by atoms with van der Waals surface area (Å²) in [6.07, 6.45) is -0.239. The second-order valence-electron chi connectivity index (χ2n) is 7.71. The van der Waals surface area contributed by atoms with Gasteiger partial charge in [0, 0.05) is 26.8 Å². The summed E-state index contributed by atoms with van der Waals surface area (Å²) in [5, 5.41) is 11.6. The van der Waals surface area contributed by atoms with Crippen LogP contribution in [0, 0.1) is 13.7 Å². The maximum absolute atomic E-state index is 13.6. The Morgan fingerprint density at radius 1 is 1.06 bits per heavy atom. The molecule has 0 aromatic heterocycles. The molecule has 1 fully saturated rings. The first-order chi connectivity index (χ1) is 16.7. The summed E-state index contributed by atoms with van der Waals surface area (Å²) in [6, 6.07) is 16.2. The van der Waals surface area contributed by atoms with Crippen molar-refractivity contribution in [1.29, 1.82) is 0 Å². The fraction of sp³-hybridized carbons (Fsp3) is 0.125. The van der Waals surface area contributed by atoms with Gasteiger partial charge in [0.25, 0.3) is 17.5 Å². The van der Waals surface area contributed by atoms with E-state index in [-0.39, 0.29) is 23.6 Å². The zero-order chi connectivity index (χ0) is 25.3. The van der Waals surface area contributed by atoms with Gasteiger partial charge in [-0.25, -0.2) is 4.90 Å². The first-order valence-corrected chi connectivity index (χ1v) is 12.1. The van der Waals surface area contributed by atoms with Gasteiger partial charge in [0.1, 0.15) is 11.1 Å². The molecule has 1 saturated heterocycles. The Morgan fingerprint density at radius 3 is 2.40 bits per heavy atom. The number of rotatable bonds is 6. The Morgan fingerprint density at radius 2 is 1.74 bits per heavy atom. The van der Waals surface area contributed by atoms with Gasteiger partial charge in [0.15, 0.2) is 0 Å². The summed E-state index contributed by atoms with van der Waals surface area (Å²) in [4.78, 5) is 52.9. The second-order valence-corrected chi connectivity index (χ2v) is 9.77. The molecule has 1 aliphatic rings. The maximum atomic E-state index is 13.6. The molecule has 0 aliphatic carbocycles. The third-order valence-electron chi connectivity index (χ3n) is 5.53. The Bertz CT molecular complexity index is 1350. The molecule has 1 unspecified atom stereocenters. The SMILES string of the molecule is O=C1CC(N(Cc2ccccc2Cl)C(=O)c2ccc(Cl)c([N+](=O)[O-])c2)C(=O)N1c1ccc(I)cc1. The molecular weight excluding hydrogens is 608 g/mol. The van der Waals surface area contributed by atoms with E-state index < -0.39 is 34.4 Å². The first-order valence-electron chi connectivity index (χ1n) is 10.3. The molecule has 35 heavy (non-hydrogen) atoms. The summed E-state index contributed by atoms with van der Waals surface area (Å²) in [7, 11) is 0. The average molecular weight is 624 g/mol. The van der Waals surface area contributed by atoms with Crippen LogP contribution in [0.25, 0.3) is 0 Å². The van der Waals surface area contributed by atoms with Crippen LogP contribution in [0.5, 0.6) is 0 Å². The molecule has 178 valence electrons. The van der Waals surface area contributed by atoms with E-state index in [1.54, 1.807) is 48.5 Å². The topological polar surface area (TPSA) is 101 Å². The molecule has 3 amide bonds. The van der Waals surface area contributed by atoms with Crippen LogP contribution in [0.15, 0.2) is 66.7 Å². The van der Waals surface area contributed by atoms with Crippen molar-refractivity contribution in [2.24, 2.45) is 0 Å². The van der Waals surface area contributed by atoms with E-state index >= 15 is 0 Å². The van der Waals surface area contributed by atoms with Crippen LogP contribution in [0.2, 0.25) is 10.0 Å². The summed E-state index contributed by atoms with van der Waals surface area (Å²) < 4.78 is 0.932. The molecule has 0 N–H and O–H groups in total. The van der Waals surface area contributed by atoms with Crippen molar-refractivity contribution in [3.05, 3.63) is 102 Å². The Kier molecular flexibility index (Phi) is 7.39. The van der Waals surface area contributed by atoms with Crippen molar-refractivity contribution < 1.29 is 19.3 Å². The van der Waals surface area contributed by atoms with Gasteiger partial charge >= 0.3 is 0 Å². The highest BCUT2D eigenvalue weighted by Crippen LogP contribution is 2.31. The lowest BCUT2D eigenvalue weighted by atomic mass is 10.1. The van der Waals surface area contributed by atoms with Gasteiger partial charge in [-0.05, 0) is 70.6 Å². The maximum Gasteiger partial charge on any atom is 0.288 e. The van der Waals surface area contributed by atoms with Crippen LogP contribution in [0.1, 0.15) is 22.3 Å². The molecule has 0 radical (unpaired) electrons. The Balaban J connectivity index is 1.74. The number of nitrogens with zero attached hydrogens (tertiary/aromatic N) is 3. The quantitative estimate of drug-likeness (QED) is 0.157. The molecule has 0 spiro atoms. The zero-order valence-corrected chi connectivity index (χ0v) is 21.5. The number of anilines is 1. The molecule has 1 atom stereocenters. The normalized spacial score (nSPS) is 15.4. The lowest BCUT2D eigenvalue weighted by molar-refractivity contribution is -0.384. The highest BCUT2D eigenvalue weighted by atomic mass is 127. The number of carbonyl (C=O) groups excluding carboxylic acids is 3. The number of carbonyl (C=O) groups is 3. The van der Waals surface area contributed by atoms with Crippen molar-refractivity contribution in [2.75, 3.05) is 4.90 Å². The summed E-state index contributed by atoms with van der Waals surface area (Å²) in [5.41, 5.74) is 0.472. The predicted molar refractivity (Wildman–Crippen MR) is 139 cm³/mol. The van der Waals surface area contributed by atoms with Crippen LogP contribution in [0.3, 0.4) is 0 Å². The number of nitro groups is 1. The summed E-state index contributed by atoms with van der Waals surface area (Å²) in [6.45, 7) is -0.0842. The van der Waals surface area contributed by atoms with Crippen LogP contribution in [0.4, 0.5) is 11.4 Å². The number of nitro benzene ring substituents is 1. The van der Waals surface area contributed by atoms with Gasteiger partial charge in [-0.1, -0.05) is 41.4 Å². The molecule has 0 saturated carbocycles. The number of hydrogen-bond donors (Lipinski definition) is 0. The van der Waals surface area contributed by atoms with Gasteiger partial charge in [-0.3, -0.25) is 24.5 Å². The minimum Gasteiger partial charge on any atom is -0.322 e. The molecule has 1 aliphatic heterocycles. The first kappa shape index (κ1) is 25.1. The minimum absolute atomic E-state index is 0.0406. The Hall–Kier alpha value is -3.02. The van der Waals surface area contributed by atoms with Crippen molar-refractivity contribution >= 4 is 74.9 Å². The minimum atomic E-state index is -1.12. The van der Waals surface area contributed by atoms with E-state index in [0.29, 0.717) is 16.3 Å². The molecule has 0 bridgehead atoms. The number of imide groups is 1. The monoisotopic (exact) mass is 623 g/mol. The van der Waals surface area contributed by atoms with Crippen molar-refractivity contribution in [2.45, 2.75) is 19.0 Å². The molecule has 4 rings (SSSR count). The molecule has 3 aromatic rings. The summed E-state index contributed by atoms with van der Waals surface area (Å²) in [5.74, 6) is -1.69. The third kappa shape index (κ3) is 5.16. The van der Waals surface area contributed by atoms with E-state index in [4.69, 9.17) is 23.2 Å². The van der Waals surface area contributed by atoms with Gasteiger partial charge in [-0.15, -0.1) is 0 Å². The highest BCUT2D eigenvalue weighted by molar-refractivity contribution is 14.1. The van der Waals surface area contributed by atoms with E-state index in [9.17, 15) is 24.5 Å². The smallest absolute Gasteiger partial charge is 0.288 e. The van der Waals surface area contributed by atoms with E-state index in [1.165, 1.54) is 17.0 Å².